The zero-order valence-corrected chi connectivity index (χ0v) is 9.24. The molecule has 1 heterocycles. The molecule has 1 aliphatic rings. The van der Waals surface area contributed by atoms with Crippen LogP contribution < -0.4 is 5.73 Å². The molecule has 0 spiro atoms. The molecule has 6 heteroatoms. The average Bonchev–Trinajstić information content (AvgIpc) is 2.58. The fraction of sp³-hybridized carbons (Fsp3) is 0.375. The molecule has 0 amide bonds. The first kappa shape index (κ1) is 10.3. The molecular weight excluding hydrogens is 277 g/mol. The van der Waals surface area contributed by atoms with Gasteiger partial charge in [0, 0.05) is 17.1 Å². The van der Waals surface area contributed by atoms with Gasteiger partial charge in [-0.15, -0.1) is 0 Å². The fourth-order valence-electron chi connectivity index (χ4n) is 1.35. The van der Waals surface area contributed by atoms with Gasteiger partial charge in [-0.1, -0.05) is 11.6 Å². The van der Waals surface area contributed by atoms with Gasteiger partial charge in [-0.2, -0.15) is 0 Å². The molecule has 1 aromatic rings. The maximum atomic E-state index is 13.0. The van der Waals surface area contributed by atoms with Crippen LogP contribution in [0.5, 0.6) is 0 Å². The molecule has 0 saturated heterocycles. The fourth-order valence-corrected chi connectivity index (χ4v) is 2.08. The Bertz CT molecular complexity index is 399. The van der Waals surface area contributed by atoms with Crippen molar-refractivity contribution in [3.05, 3.63) is 27.5 Å². The van der Waals surface area contributed by atoms with E-state index in [0.29, 0.717) is 10.0 Å². The first-order chi connectivity index (χ1) is 6.37. The molecule has 2 nitrogen and oxygen atoms in total. The molecule has 0 radical (unpaired) electrons. The van der Waals surface area contributed by atoms with Crippen LogP contribution in [0, 0.1) is 0 Å². The van der Waals surface area contributed by atoms with Crippen molar-refractivity contribution in [3.8, 4) is 0 Å². The SMILES string of the molecule is NC1(c2cc(Cl)ncc2Br)CC1(F)F. The highest BCUT2D eigenvalue weighted by Gasteiger charge is 2.70. The summed E-state index contributed by atoms with van der Waals surface area (Å²) in [5.41, 5.74) is 4.27. The van der Waals surface area contributed by atoms with Crippen molar-refractivity contribution < 1.29 is 8.78 Å². The summed E-state index contributed by atoms with van der Waals surface area (Å²) in [7, 11) is 0. The van der Waals surface area contributed by atoms with Gasteiger partial charge in [-0.3, -0.25) is 0 Å². The van der Waals surface area contributed by atoms with E-state index in [1.165, 1.54) is 12.3 Å². The van der Waals surface area contributed by atoms with E-state index in [1.807, 2.05) is 0 Å². The molecule has 1 aliphatic carbocycles. The van der Waals surface area contributed by atoms with Crippen LogP contribution in [0.15, 0.2) is 16.7 Å². The van der Waals surface area contributed by atoms with E-state index >= 15 is 0 Å². The van der Waals surface area contributed by atoms with Gasteiger partial charge in [0.1, 0.15) is 10.7 Å². The standard InChI is InChI=1S/C8H6BrClF2N2/c9-5-2-14-6(10)1-4(5)7(13)3-8(7,11)12/h1-2H,3,13H2. The number of alkyl halides is 2. The number of nitrogens with zero attached hydrogens (tertiary/aromatic N) is 1. The first-order valence-corrected chi connectivity index (χ1v) is 5.02. The first-order valence-electron chi connectivity index (χ1n) is 3.85. The van der Waals surface area contributed by atoms with E-state index in [0.717, 1.165) is 0 Å². The minimum Gasteiger partial charge on any atom is -0.316 e. The van der Waals surface area contributed by atoms with Crippen LogP contribution in [-0.4, -0.2) is 10.9 Å². The van der Waals surface area contributed by atoms with Gasteiger partial charge in [0.15, 0.2) is 0 Å². The molecule has 1 fully saturated rings. The third-order valence-electron chi connectivity index (χ3n) is 2.33. The molecule has 0 aliphatic heterocycles. The van der Waals surface area contributed by atoms with Gasteiger partial charge in [-0.05, 0) is 27.6 Å². The Balaban J connectivity index is 2.48. The molecule has 0 bridgehead atoms. The lowest BCUT2D eigenvalue weighted by atomic mass is 10.1. The topological polar surface area (TPSA) is 38.9 Å². The van der Waals surface area contributed by atoms with Crippen molar-refractivity contribution in [1.82, 2.24) is 4.98 Å². The number of aromatic nitrogens is 1. The highest BCUT2D eigenvalue weighted by atomic mass is 79.9. The average molecular weight is 284 g/mol. The molecule has 2 rings (SSSR count). The quantitative estimate of drug-likeness (QED) is 0.805. The second-order valence-electron chi connectivity index (χ2n) is 3.34. The molecule has 1 unspecified atom stereocenters. The lowest BCUT2D eigenvalue weighted by molar-refractivity contribution is 0.0889. The second-order valence-corrected chi connectivity index (χ2v) is 4.58. The second kappa shape index (κ2) is 2.87. The Morgan fingerprint density at radius 3 is 2.64 bits per heavy atom. The number of halogens is 4. The Labute approximate surface area is 92.6 Å². The Kier molecular flexibility index (Phi) is 2.10. The van der Waals surface area contributed by atoms with E-state index in [4.69, 9.17) is 17.3 Å². The molecule has 0 aromatic carbocycles. The van der Waals surface area contributed by atoms with Crippen molar-refractivity contribution in [2.75, 3.05) is 0 Å². The minimum absolute atomic E-state index is 0.163. The molecule has 1 atom stereocenters. The lowest BCUT2D eigenvalue weighted by Crippen LogP contribution is -2.27. The lowest BCUT2D eigenvalue weighted by Gasteiger charge is -2.12. The van der Waals surface area contributed by atoms with Gasteiger partial charge in [0.2, 0.25) is 0 Å². The summed E-state index contributed by atoms with van der Waals surface area (Å²) in [5.74, 6) is -2.85. The van der Waals surface area contributed by atoms with E-state index in [9.17, 15) is 8.78 Å². The van der Waals surface area contributed by atoms with Gasteiger partial charge in [-0.25, -0.2) is 13.8 Å². The Hall–Kier alpha value is -0.260. The predicted octanol–water partition coefficient (Wildman–Crippen LogP) is 2.69. The molecule has 1 saturated carbocycles. The highest BCUT2D eigenvalue weighted by molar-refractivity contribution is 9.10. The predicted molar refractivity (Wildman–Crippen MR) is 52.4 cm³/mol. The Morgan fingerprint density at radius 2 is 2.14 bits per heavy atom. The van der Waals surface area contributed by atoms with Crippen LogP contribution in [-0.2, 0) is 5.54 Å². The third-order valence-corrected chi connectivity index (χ3v) is 3.17. The van der Waals surface area contributed by atoms with Crippen molar-refractivity contribution in [2.24, 2.45) is 5.73 Å². The van der Waals surface area contributed by atoms with Crippen molar-refractivity contribution >= 4 is 27.5 Å². The van der Waals surface area contributed by atoms with Crippen molar-refractivity contribution in [1.29, 1.82) is 0 Å². The van der Waals surface area contributed by atoms with E-state index in [1.54, 1.807) is 0 Å². The minimum atomic E-state index is -2.85. The summed E-state index contributed by atoms with van der Waals surface area (Å²) in [5, 5.41) is 0.163. The van der Waals surface area contributed by atoms with E-state index < -0.39 is 11.5 Å². The highest BCUT2D eigenvalue weighted by Crippen LogP contribution is 2.58. The van der Waals surface area contributed by atoms with Crippen molar-refractivity contribution in [2.45, 2.75) is 17.9 Å². The molecule has 2 N–H and O–H groups in total. The van der Waals surface area contributed by atoms with Gasteiger partial charge < -0.3 is 5.73 Å². The van der Waals surface area contributed by atoms with E-state index in [-0.39, 0.29) is 11.6 Å². The van der Waals surface area contributed by atoms with Gasteiger partial charge >= 0.3 is 0 Å². The van der Waals surface area contributed by atoms with Crippen LogP contribution in [0.25, 0.3) is 0 Å². The monoisotopic (exact) mass is 282 g/mol. The smallest absolute Gasteiger partial charge is 0.272 e. The van der Waals surface area contributed by atoms with Crippen LogP contribution in [0.1, 0.15) is 12.0 Å². The maximum Gasteiger partial charge on any atom is 0.272 e. The molecule has 1 aromatic heterocycles. The summed E-state index contributed by atoms with van der Waals surface area (Å²) < 4.78 is 26.4. The number of nitrogens with two attached hydrogens (primary N) is 1. The normalized spacial score (nSPS) is 28.9. The summed E-state index contributed by atoms with van der Waals surface area (Å²) in [4.78, 5) is 3.75. The summed E-state index contributed by atoms with van der Waals surface area (Å²) >= 11 is 8.73. The van der Waals surface area contributed by atoms with Crippen molar-refractivity contribution in [3.63, 3.8) is 0 Å². The Morgan fingerprint density at radius 1 is 1.57 bits per heavy atom. The summed E-state index contributed by atoms with van der Waals surface area (Å²) in [6.45, 7) is 0. The molecule has 14 heavy (non-hydrogen) atoms. The van der Waals surface area contributed by atoms with Gasteiger partial charge in [0.25, 0.3) is 5.92 Å². The van der Waals surface area contributed by atoms with Crippen LogP contribution >= 0.6 is 27.5 Å². The number of hydrogen-bond acceptors (Lipinski definition) is 2. The molecule has 76 valence electrons. The third kappa shape index (κ3) is 1.34. The summed E-state index contributed by atoms with van der Waals surface area (Å²) in [6, 6.07) is 1.37. The summed E-state index contributed by atoms with van der Waals surface area (Å²) in [6.07, 6.45) is 1.03. The number of pyridine rings is 1. The zero-order chi connectivity index (χ0) is 10.6. The van der Waals surface area contributed by atoms with Crippen LogP contribution in [0.2, 0.25) is 5.15 Å². The van der Waals surface area contributed by atoms with Crippen LogP contribution in [0.4, 0.5) is 8.78 Å². The van der Waals surface area contributed by atoms with Crippen LogP contribution in [0.3, 0.4) is 0 Å². The zero-order valence-electron chi connectivity index (χ0n) is 6.90. The van der Waals surface area contributed by atoms with E-state index in [2.05, 4.69) is 20.9 Å². The number of rotatable bonds is 1. The largest absolute Gasteiger partial charge is 0.316 e. The molecular formula is C8H6BrClF2N2. The maximum absolute atomic E-state index is 13.0. The van der Waals surface area contributed by atoms with Gasteiger partial charge in [0.05, 0.1) is 0 Å². The number of hydrogen-bond donors (Lipinski definition) is 1.